The summed E-state index contributed by atoms with van der Waals surface area (Å²) in [6.07, 6.45) is 0. The molecule has 0 spiro atoms. The zero-order chi connectivity index (χ0) is 18.2. The van der Waals surface area contributed by atoms with Crippen molar-refractivity contribution in [1.29, 1.82) is 0 Å². The van der Waals surface area contributed by atoms with E-state index in [-0.39, 0.29) is 29.2 Å². The Balaban J connectivity index is 1.70. The van der Waals surface area contributed by atoms with Crippen LogP contribution in [0.2, 0.25) is 0 Å². The number of likely N-dealkylation sites (N-methyl/N-ethyl adjacent to an activating group) is 1. The monoisotopic (exact) mass is 361 g/mol. The van der Waals surface area contributed by atoms with Crippen molar-refractivity contribution in [2.24, 2.45) is 4.40 Å². The first kappa shape index (κ1) is 17.2. The van der Waals surface area contributed by atoms with Crippen LogP contribution in [0.25, 0.3) is 0 Å². The lowest BCUT2D eigenvalue weighted by Gasteiger charge is -2.20. The van der Waals surface area contributed by atoms with Gasteiger partial charge in [0.25, 0.3) is 10.0 Å². The number of carbonyl (C=O) groups is 1. The van der Waals surface area contributed by atoms with E-state index in [1.54, 1.807) is 25.2 Å². The molecule has 0 aliphatic carbocycles. The number of furan rings is 1. The van der Waals surface area contributed by atoms with Gasteiger partial charge >= 0.3 is 0 Å². The molecule has 1 aromatic heterocycles. The van der Waals surface area contributed by atoms with Crippen molar-refractivity contribution in [3.05, 3.63) is 53.5 Å². The Morgan fingerprint density at radius 1 is 1.28 bits per heavy atom. The van der Waals surface area contributed by atoms with Gasteiger partial charge in [-0.1, -0.05) is 12.1 Å². The predicted octanol–water partition coefficient (Wildman–Crippen LogP) is 1.85. The van der Waals surface area contributed by atoms with E-state index in [0.717, 1.165) is 5.76 Å². The molecule has 2 heterocycles. The molecule has 1 aliphatic heterocycles. The molecule has 8 heteroatoms. The maximum absolute atomic E-state index is 12.3. The number of carbonyl (C=O) groups excluding carboxylic acids is 1. The smallest absolute Gasteiger partial charge is 0.285 e. The second kappa shape index (κ2) is 6.36. The highest BCUT2D eigenvalue weighted by Gasteiger charge is 2.31. The van der Waals surface area contributed by atoms with Gasteiger partial charge in [0.15, 0.2) is 5.84 Å². The SMILES string of the molecule is Cc1ccc(C(C)NC(=O)CN(C)C2=NS(=O)(=O)c3ccccc32)o1. The van der Waals surface area contributed by atoms with Gasteiger partial charge in [-0.15, -0.1) is 4.40 Å². The van der Waals surface area contributed by atoms with Gasteiger partial charge in [0, 0.05) is 12.6 Å². The maximum Gasteiger partial charge on any atom is 0.285 e. The van der Waals surface area contributed by atoms with Crippen LogP contribution in [-0.4, -0.2) is 38.7 Å². The molecule has 0 saturated heterocycles. The number of hydrogen-bond donors (Lipinski definition) is 1. The number of hydrogen-bond acceptors (Lipinski definition) is 5. The Bertz CT molecular complexity index is 946. The molecular weight excluding hydrogens is 342 g/mol. The number of nitrogens with one attached hydrogen (secondary N) is 1. The lowest BCUT2D eigenvalue weighted by atomic mass is 10.2. The predicted molar refractivity (Wildman–Crippen MR) is 92.8 cm³/mol. The number of sulfonamides is 1. The first-order valence-corrected chi connectivity index (χ1v) is 9.23. The fourth-order valence-corrected chi connectivity index (χ4v) is 3.95. The molecule has 132 valence electrons. The zero-order valence-electron chi connectivity index (χ0n) is 14.2. The molecule has 1 unspecified atom stereocenters. The largest absolute Gasteiger partial charge is 0.464 e. The number of nitrogens with zero attached hydrogens (tertiary/aromatic N) is 2. The third-order valence-corrected chi connectivity index (χ3v) is 5.25. The van der Waals surface area contributed by atoms with E-state index in [1.807, 2.05) is 26.0 Å². The van der Waals surface area contributed by atoms with Crippen molar-refractivity contribution in [3.63, 3.8) is 0 Å². The van der Waals surface area contributed by atoms with Gasteiger partial charge in [-0.05, 0) is 38.1 Å². The lowest BCUT2D eigenvalue weighted by molar-refractivity contribution is -0.122. The molecule has 25 heavy (non-hydrogen) atoms. The molecule has 1 aromatic carbocycles. The average Bonchev–Trinajstić information content (AvgIpc) is 3.09. The van der Waals surface area contributed by atoms with E-state index >= 15 is 0 Å². The van der Waals surface area contributed by atoms with Crippen LogP contribution in [0, 0.1) is 6.92 Å². The fraction of sp³-hybridized carbons (Fsp3) is 0.294. The van der Waals surface area contributed by atoms with Crippen LogP contribution in [-0.2, 0) is 14.8 Å². The lowest BCUT2D eigenvalue weighted by Crippen LogP contribution is -2.39. The van der Waals surface area contributed by atoms with Crippen molar-refractivity contribution >= 4 is 21.8 Å². The Morgan fingerprint density at radius 2 is 2.00 bits per heavy atom. The summed E-state index contributed by atoms with van der Waals surface area (Å²) < 4.78 is 33.5. The number of aryl methyl sites for hydroxylation is 1. The Morgan fingerprint density at radius 3 is 2.68 bits per heavy atom. The quantitative estimate of drug-likeness (QED) is 0.897. The van der Waals surface area contributed by atoms with E-state index in [0.29, 0.717) is 11.3 Å². The van der Waals surface area contributed by atoms with Crippen molar-refractivity contribution in [3.8, 4) is 0 Å². The number of fused-ring (bicyclic) bond motifs is 1. The Kier molecular flexibility index (Phi) is 4.38. The standard InChI is InChI=1S/C17H19N3O4S/c1-11-8-9-14(24-11)12(2)18-16(21)10-20(3)17-13-6-4-5-7-15(13)25(22,23)19-17/h4-9,12H,10H2,1-3H3,(H,18,21). The van der Waals surface area contributed by atoms with Crippen LogP contribution < -0.4 is 5.32 Å². The summed E-state index contributed by atoms with van der Waals surface area (Å²) in [5, 5.41) is 2.83. The highest BCUT2D eigenvalue weighted by molar-refractivity contribution is 7.90. The first-order valence-electron chi connectivity index (χ1n) is 7.79. The van der Waals surface area contributed by atoms with Crippen molar-refractivity contribution < 1.29 is 17.6 Å². The van der Waals surface area contributed by atoms with Gasteiger partial charge in [0.05, 0.1) is 12.6 Å². The van der Waals surface area contributed by atoms with Crippen LogP contribution in [0.5, 0.6) is 0 Å². The van der Waals surface area contributed by atoms with Crippen molar-refractivity contribution in [1.82, 2.24) is 10.2 Å². The summed E-state index contributed by atoms with van der Waals surface area (Å²) in [5.74, 6) is 1.45. The zero-order valence-corrected chi connectivity index (χ0v) is 15.0. The number of amides is 1. The molecular formula is C17H19N3O4S. The van der Waals surface area contributed by atoms with E-state index in [2.05, 4.69) is 9.71 Å². The minimum Gasteiger partial charge on any atom is -0.464 e. The van der Waals surface area contributed by atoms with Gasteiger partial charge in [0.1, 0.15) is 16.4 Å². The normalized spacial score (nSPS) is 16.0. The molecule has 1 aliphatic rings. The van der Waals surface area contributed by atoms with Crippen LogP contribution in [0.1, 0.15) is 30.0 Å². The average molecular weight is 361 g/mol. The second-order valence-corrected chi connectivity index (χ2v) is 7.55. The van der Waals surface area contributed by atoms with Gasteiger partial charge in [-0.25, -0.2) is 0 Å². The molecule has 1 N–H and O–H groups in total. The van der Waals surface area contributed by atoms with E-state index in [1.165, 1.54) is 11.0 Å². The van der Waals surface area contributed by atoms with E-state index in [9.17, 15) is 13.2 Å². The topological polar surface area (TPSA) is 92.0 Å². The van der Waals surface area contributed by atoms with Crippen LogP contribution >= 0.6 is 0 Å². The maximum atomic E-state index is 12.3. The summed E-state index contributed by atoms with van der Waals surface area (Å²) in [4.78, 5) is 14.0. The highest BCUT2D eigenvalue weighted by atomic mass is 32.2. The minimum atomic E-state index is -3.70. The molecule has 0 saturated carbocycles. The molecule has 3 rings (SSSR count). The summed E-state index contributed by atoms with van der Waals surface area (Å²) in [6.45, 7) is 3.64. The summed E-state index contributed by atoms with van der Waals surface area (Å²) in [6, 6.07) is 9.94. The van der Waals surface area contributed by atoms with Gasteiger partial charge in [-0.2, -0.15) is 8.42 Å². The third kappa shape index (κ3) is 3.43. The molecule has 7 nitrogen and oxygen atoms in total. The fourth-order valence-electron chi connectivity index (χ4n) is 2.70. The second-order valence-electron chi connectivity index (χ2n) is 5.98. The van der Waals surface area contributed by atoms with Gasteiger partial charge in [0.2, 0.25) is 5.91 Å². The van der Waals surface area contributed by atoms with Gasteiger partial charge in [-0.3, -0.25) is 4.79 Å². The first-order chi connectivity index (χ1) is 11.8. The Labute approximate surface area is 146 Å². The number of rotatable bonds is 4. The minimum absolute atomic E-state index is 0.0211. The van der Waals surface area contributed by atoms with Crippen molar-refractivity contribution in [2.75, 3.05) is 13.6 Å². The summed E-state index contributed by atoms with van der Waals surface area (Å²) in [5.41, 5.74) is 0.507. The van der Waals surface area contributed by atoms with Crippen LogP contribution in [0.4, 0.5) is 0 Å². The molecule has 0 fully saturated rings. The van der Waals surface area contributed by atoms with Crippen molar-refractivity contribution in [2.45, 2.75) is 24.8 Å². The molecule has 2 aromatic rings. The van der Waals surface area contributed by atoms with E-state index in [4.69, 9.17) is 4.42 Å². The molecule has 0 bridgehead atoms. The highest BCUT2D eigenvalue weighted by Crippen LogP contribution is 2.26. The molecule has 1 atom stereocenters. The third-order valence-electron chi connectivity index (χ3n) is 3.92. The van der Waals surface area contributed by atoms with Crippen LogP contribution in [0.15, 0.2) is 50.1 Å². The number of benzene rings is 1. The van der Waals surface area contributed by atoms with Crippen LogP contribution in [0.3, 0.4) is 0 Å². The summed E-state index contributed by atoms with van der Waals surface area (Å²) in [7, 11) is -2.06. The molecule has 0 radical (unpaired) electrons. The van der Waals surface area contributed by atoms with Gasteiger partial charge < -0.3 is 14.6 Å². The molecule has 1 amide bonds. The number of amidine groups is 1. The summed E-state index contributed by atoms with van der Waals surface area (Å²) >= 11 is 0. The van der Waals surface area contributed by atoms with E-state index < -0.39 is 10.0 Å². The Hall–Kier alpha value is -2.61.